The van der Waals surface area contributed by atoms with Crippen LogP contribution in [0.3, 0.4) is 0 Å². The lowest BCUT2D eigenvalue weighted by Gasteiger charge is -2.37. The fraction of sp³-hybridized carbons (Fsp3) is 0.348. The Morgan fingerprint density at radius 1 is 1.13 bits per heavy atom. The summed E-state index contributed by atoms with van der Waals surface area (Å²) in [5, 5.41) is 8.36. The van der Waals surface area contributed by atoms with Crippen LogP contribution in [0.4, 0.5) is 8.78 Å². The van der Waals surface area contributed by atoms with Crippen LogP contribution >= 0.6 is 0 Å². The third-order valence-corrected chi connectivity index (χ3v) is 5.71. The van der Waals surface area contributed by atoms with E-state index in [2.05, 4.69) is 14.8 Å². The highest BCUT2D eigenvalue weighted by molar-refractivity contribution is 5.77. The molecule has 31 heavy (non-hydrogen) atoms. The zero-order valence-corrected chi connectivity index (χ0v) is 17.3. The summed E-state index contributed by atoms with van der Waals surface area (Å²) in [6.07, 6.45) is 1.11. The first-order valence-electron chi connectivity index (χ1n) is 10.3. The average Bonchev–Trinajstić information content (AvgIpc) is 3.11. The van der Waals surface area contributed by atoms with Crippen LogP contribution in [0.15, 0.2) is 48.5 Å². The van der Waals surface area contributed by atoms with Gasteiger partial charge in [0, 0.05) is 19.0 Å². The highest BCUT2D eigenvalue weighted by Crippen LogP contribution is 2.22. The standard InChI is InChI=1S/C23H25F2N5O/c1-15-27-28-22-14-30(19(13-29(15)22)10-16-5-3-2-4-6-16)23(31)12-18(26)9-17-7-8-20(24)21(25)11-17/h2-8,11,18-19H,9-10,12-14,26H2,1H3. The molecule has 0 fully saturated rings. The van der Waals surface area contributed by atoms with Crippen LogP contribution in [0.25, 0.3) is 0 Å². The number of rotatable bonds is 6. The summed E-state index contributed by atoms with van der Waals surface area (Å²) in [7, 11) is 0. The second kappa shape index (κ2) is 8.93. The summed E-state index contributed by atoms with van der Waals surface area (Å²) in [5.41, 5.74) is 7.91. The minimum Gasteiger partial charge on any atom is -0.330 e. The Balaban J connectivity index is 1.48. The molecule has 162 valence electrons. The molecule has 2 heterocycles. The molecule has 1 aliphatic rings. The summed E-state index contributed by atoms with van der Waals surface area (Å²) in [4.78, 5) is 15.0. The summed E-state index contributed by atoms with van der Waals surface area (Å²) in [6.45, 7) is 2.90. The van der Waals surface area contributed by atoms with Gasteiger partial charge in [-0.25, -0.2) is 8.78 Å². The number of aryl methyl sites for hydroxylation is 1. The molecule has 0 spiro atoms. The van der Waals surface area contributed by atoms with E-state index in [1.54, 1.807) is 0 Å². The van der Waals surface area contributed by atoms with Crippen LogP contribution in [-0.2, 0) is 30.7 Å². The van der Waals surface area contributed by atoms with Gasteiger partial charge in [-0.05, 0) is 43.0 Å². The number of aromatic nitrogens is 3. The molecule has 2 N–H and O–H groups in total. The normalized spacial score (nSPS) is 16.8. The number of nitrogens with zero attached hydrogens (tertiary/aromatic N) is 4. The van der Waals surface area contributed by atoms with Crippen molar-refractivity contribution in [3.63, 3.8) is 0 Å². The third-order valence-electron chi connectivity index (χ3n) is 5.71. The van der Waals surface area contributed by atoms with Gasteiger partial charge in [0.2, 0.25) is 5.91 Å². The van der Waals surface area contributed by atoms with E-state index in [0.29, 0.717) is 25.1 Å². The van der Waals surface area contributed by atoms with E-state index in [4.69, 9.17) is 5.73 Å². The number of amides is 1. The molecule has 1 aromatic heterocycles. The van der Waals surface area contributed by atoms with E-state index < -0.39 is 17.7 Å². The molecule has 2 atom stereocenters. The first kappa shape index (κ1) is 21.1. The van der Waals surface area contributed by atoms with Gasteiger partial charge in [0.15, 0.2) is 17.5 Å². The molecule has 0 radical (unpaired) electrons. The Labute approximate surface area is 179 Å². The van der Waals surface area contributed by atoms with Crippen molar-refractivity contribution >= 4 is 5.91 Å². The molecule has 0 bridgehead atoms. The maximum absolute atomic E-state index is 13.5. The first-order valence-corrected chi connectivity index (χ1v) is 10.3. The predicted octanol–water partition coefficient (Wildman–Crippen LogP) is 2.78. The Morgan fingerprint density at radius 3 is 2.65 bits per heavy atom. The summed E-state index contributed by atoms with van der Waals surface area (Å²) in [5.74, 6) is -0.308. The number of fused-ring (bicyclic) bond motifs is 1. The molecule has 0 saturated heterocycles. The van der Waals surface area contributed by atoms with Gasteiger partial charge < -0.3 is 15.2 Å². The molecule has 1 amide bonds. The monoisotopic (exact) mass is 425 g/mol. The number of hydrogen-bond acceptors (Lipinski definition) is 4. The highest BCUT2D eigenvalue weighted by Gasteiger charge is 2.32. The quantitative estimate of drug-likeness (QED) is 0.659. The van der Waals surface area contributed by atoms with Crippen LogP contribution in [0.2, 0.25) is 0 Å². The van der Waals surface area contributed by atoms with Gasteiger partial charge in [-0.1, -0.05) is 36.4 Å². The molecular formula is C23H25F2N5O. The van der Waals surface area contributed by atoms with Gasteiger partial charge >= 0.3 is 0 Å². The Bertz CT molecular complexity index is 1070. The van der Waals surface area contributed by atoms with Crippen LogP contribution in [0.5, 0.6) is 0 Å². The summed E-state index contributed by atoms with van der Waals surface area (Å²) < 4.78 is 28.7. The zero-order valence-electron chi connectivity index (χ0n) is 17.3. The van der Waals surface area contributed by atoms with E-state index in [1.807, 2.05) is 42.2 Å². The smallest absolute Gasteiger partial charge is 0.224 e. The van der Waals surface area contributed by atoms with Crippen LogP contribution in [-0.4, -0.2) is 37.7 Å². The lowest BCUT2D eigenvalue weighted by molar-refractivity contribution is -0.136. The Morgan fingerprint density at radius 2 is 1.90 bits per heavy atom. The fourth-order valence-electron chi connectivity index (χ4n) is 4.11. The van der Waals surface area contributed by atoms with E-state index in [1.165, 1.54) is 6.07 Å². The molecule has 4 rings (SSSR count). The molecular weight excluding hydrogens is 400 g/mol. The van der Waals surface area contributed by atoms with E-state index in [9.17, 15) is 13.6 Å². The maximum atomic E-state index is 13.5. The van der Waals surface area contributed by atoms with Crippen molar-refractivity contribution in [2.24, 2.45) is 5.73 Å². The van der Waals surface area contributed by atoms with Crippen molar-refractivity contribution in [2.75, 3.05) is 0 Å². The van der Waals surface area contributed by atoms with E-state index in [0.717, 1.165) is 29.3 Å². The zero-order chi connectivity index (χ0) is 22.0. The van der Waals surface area contributed by atoms with Crippen LogP contribution in [0, 0.1) is 18.6 Å². The van der Waals surface area contributed by atoms with Crippen molar-refractivity contribution in [1.29, 1.82) is 0 Å². The molecule has 2 aromatic carbocycles. The highest BCUT2D eigenvalue weighted by atomic mass is 19.2. The first-order chi connectivity index (χ1) is 14.9. The second-order valence-electron chi connectivity index (χ2n) is 8.06. The second-order valence-corrected chi connectivity index (χ2v) is 8.06. The van der Waals surface area contributed by atoms with Crippen molar-refractivity contribution < 1.29 is 13.6 Å². The Kier molecular flexibility index (Phi) is 6.08. The number of carbonyl (C=O) groups excluding carboxylic acids is 1. The third kappa shape index (κ3) is 4.80. The van der Waals surface area contributed by atoms with E-state index >= 15 is 0 Å². The van der Waals surface area contributed by atoms with Crippen molar-refractivity contribution in [1.82, 2.24) is 19.7 Å². The minimum atomic E-state index is -0.912. The van der Waals surface area contributed by atoms with Gasteiger partial charge in [0.25, 0.3) is 0 Å². The van der Waals surface area contributed by atoms with Gasteiger partial charge in [-0.15, -0.1) is 10.2 Å². The van der Waals surface area contributed by atoms with Crippen LogP contribution in [0.1, 0.15) is 29.2 Å². The Hall–Kier alpha value is -3.13. The molecule has 0 aliphatic carbocycles. The predicted molar refractivity (Wildman–Crippen MR) is 112 cm³/mol. The molecule has 2 unspecified atom stereocenters. The summed E-state index contributed by atoms with van der Waals surface area (Å²) in [6, 6.07) is 13.2. The van der Waals surface area contributed by atoms with Crippen molar-refractivity contribution in [2.45, 2.75) is 51.4 Å². The van der Waals surface area contributed by atoms with E-state index in [-0.39, 0.29) is 24.8 Å². The maximum Gasteiger partial charge on any atom is 0.224 e. The topological polar surface area (TPSA) is 77.0 Å². The van der Waals surface area contributed by atoms with Gasteiger partial charge in [-0.3, -0.25) is 4.79 Å². The fourth-order valence-corrected chi connectivity index (χ4v) is 4.11. The van der Waals surface area contributed by atoms with Gasteiger partial charge in [0.05, 0.1) is 12.6 Å². The average molecular weight is 425 g/mol. The lowest BCUT2D eigenvalue weighted by Crippen LogP contribution is -2.49. The van der Waals surface area contributed by atoms with Gasteiger partial charge in [0.1, 0.15) is 5.82 Å². The molecule has 0 saturated carbocycles. The molecule has 6 nitrogen and oxygen atoms in total. The largest absolute Gasteiger partial charge is 0.330 e. The SMILES string of the molecule is Cc1nnc2n1CC(Cc1ccccc1)N(C(=O)CC(N)Cc1ccc(F)c(F)c1)C2. The van der Waals surface area contributed by atoms with Crippen molar-refractivity contribution in [3.8, 4) is 0 Å². The molecule has 1 aliphatic heterocycles. The number of halogens is 2. The van der Waals surface area contributed by atoms with Gasteiger partial charge in [-0.2, -0.15) is 0 Å². The molecule has 8 heteroatoms. The number of hydrogen-bond donors (Lipinski definition) is 1. The van der Waals surface area contributed by atoms with Crippen LogP contribution < -0.4 is 5.73 Å². The minimum absolute atomic E-state index is 0.0486. The molecule has 3 aromatic rings. The van der Waals surface area contributed by atoms with Crippen molar-refractivity contribution in [3.05, 3.63) is 82.9 Å². The summed E-state index contributed by atoms with van der Waals surface area (Å²) >= 11 is 0. The number of benzene rings is 2. The number of carbonyl (C=O) groups is 1. The lowest BCUT2D eigenvalue weighted by atomic mass is 10.00. The number of nitrogens with two attached hydrogens (primary N) is 1.